The molecular formula is C12H15NO4. The first-order valence-corrected chi connectivity index (χ1v) is 5.46. The highest BCUT2D eigenvalue weighted by Gasteiger charge is 2.21. The van der Waals surface area contributed by atoms with E-state index in [0.717, 1.165) is 0 Å². The van der Waals surface area contributed by atoms with Crippen LogP contribution >= 0.6 is 0 Å². The molecule has 0 spiro atoms. The normalized spacial score (nSPS) is 15.7. The summed E-state index contributed by atoms with van der Waals surface area (Å²) < 4.78 is 10.1. The van der Waals surface area contributed by atoms with Gasteiger partial charge in [-0.3, -0.25) is 4.79 Å². The van der Waals surface area contributed by atoms with Crippen molar-refractivity contribution in [2.24, 2.45) is 0 Å². The van der Waals surface area contributed by atoms with Crippen molar-refractivity contribution in [1.82, 2.24) is 4.90 Å². The number of rotatable bonds is 2. The van der Waals surface area contributed by atoms with Crippen molar-refractivity contribution in [3.8, 4) is 11.5 Å². The third-order valence-corrected chi connectivity index (χ3v) is 2.73. The van der Waals surface area contributed by atoms with E-state index in [-0.39, 0.29) is 11.7 Å². The van der Waals surface area contributed by atoms with E-state index in [9.17, 15) is 9.90 Å². The maximum Gasteiger partial charge on any atom is 0.257 e. The summed E-state index contributed by atoms with van der Waals surface area (Å²) in [5.74, 6) is 0.301. The van der Waals surface area contributed by atoms with Crippen LogP contribution in [-0.2, 0) is 4.74 Å². The fraction of sp³-hybridized carbons (Fsp3) is 0.417. The van der Waals surface area contributed by atoms with Gasteiger partial charge in [-0.05, 0) is 12.1 Å². The molecule has 1 saturated heterocycles. The number of amides is 1. The van der Waals surface area contributed by atoms with E-state index in [1.54, 1.807) is 17.0 Å². The summed E-state index contributed by atoms with van der Waals surface area (Å²) in [4.78, 5) is 13.8. The highest BCUT2D eigenvalue weighted by Crippen LogP contribution is 2.24. The minimum Gasteiger partial charge on any atom is -0.507 e. The topological polar surface area (TPSA) is 59.0 Å². The summed E-state index contributed by atoms with van der Waals surface area (Å²) in [5, 5.41) is 9.76. The van der Waals surface area contributed by atoms with Gasteiger partial charge in [-0.1, -0.05) is 0 Å². The van der Waals surface area contributed by atoms with Crippen LogP contribution in [0.15, 0.2) is 18.2 Å². The Labute approximate surface area is 99.6 Å². The fourth-order valence-electron chi connectivity index (χ4n) is 1.76. The Balaban J connectivity index is 2.18. The molecule has 1 aromatic carbocycles. The van der Waals surface area contributed by atoms with Crippen LogP contribution in [0.3, 0.4) is 0 Å². The quantitative estimate of drug-likeness (QED) is 0.829. The molecule has 0 bridgehead atoms. The summed E-state index contributed by atoms with van der Waals surface area (Å²) in [6, 6.07) is 4.67. The average molecular weight is 237 g/mol. The van der Waals surface area contributed by atoms with Crippen LogP contribution in [0.4, 0.5) is 0 Å². The van der Waals surface area contributed by atoms with Crippen molar-refractivity contribution in [1.29, 1.82) is 0 Å². The Morgan fingerprint density at radius 1 is 1.41 bits per heavy atom. The molecule has 1 aliphatic heterocycles. The molecule has 17 heavy (non-hydrogen) atoms. The van der Waals surface area contributed by atoms with Crippen LogP contribution in [0.2, 0.25) is 0 Å². The van der Waals surface area contributed by atoms with E-state index in [4.69, 9.17) is 9.47 Å². The smallest absolute Gasteiger partial charge is 0.257 e. The maximum atomic E-state index is 12.1. The molecule has 0 radical (unpaired) electrons. The monoisotopic (exact) mass is 237 g/mol. The number of carbonyl (C=O) groups excluding carboxylic acids is 1. The van der Waals surface area contributed by atoms with Crippen molar-refractivity contribution in [3.63, 3.8) is 0 Å². The van der Waals surface area contributed by atoms with Gasteiger partial charge >= 0.3 is 0 Å². The molecule has 0 unspecified atom stereocenters. The number of aromatic hydroxyl groups is 1. The molecule has 2 rings (SSSR count). The molecule has 5 nitrogen and oxygen atoms in total. The lowest BCUT2D eigenvalue weighted by Crippen LogP contribution is -2.40. The summed E-state index contributed by atoms with van der Waals surface area (Å²) >= 11 is 0. The maximum absolute atomic E-state index is 12.1. The zero-order valence-electron chi connectivity index (χ0n) is 9.68. The number of carbonyl (C=O) groups is 1. The second-order valence-corrected chi connectivity index (χ2v) is 3.79. The van der Waals surface area contributed by atoms with Crippen molar-refractivity contribution >= 4 is 5.91 Å². The van der Waals surface area contributed by atoms with Crippen molar-refractivity contribution in [2.45, 2.75) is 0 Å². The Morgan fingerprint density at radius 3 is 2.71 bits per heavy atom. The number of morpholine rings is 1. The number of phenolic OH excluding ortho intramolecular Hbond substituents is 1. The van der Waals surface area contributed by atoms with Gasteiger partial charge in [0.15, 0.2) is 0 Å². The van der Waals surface area contributed by atoms with E-state index < -0.39 is 0 Å². The van der Waals surface area contributed by atoms with Crippen LogP contribution in [0.25, 0.3) is 0 Å². The van der Waals surface area contributed by atoms with Gasteiger partial charge in [-0.2, -0.15) is 0 Å². The Hall–Kier alpha value is -1.75. The molecule has 5 heteroatoms. The summed E-state index contributed by atoms with van der Waals surface area (Å²) in [5.41, 5.74) is 0.299. The van der Waals surface area contributed by atoms with Crippen LogP contribution in [0.1, 0.15) is 10.4 Å². The van der Waals surface area contributed by atoms with E-state index in [0.29, 0.717) is 37.6 Å². The fourth-order valence-corrected chi connectivity index (χ4v) is 1.76. The lowest BCUT2D eigenvalue weighted by molar-refractivity contribution is 0.0301. The number of methoxy groups -OCH3 is 1. The molecule has 1 amide bonds. The first kappa shape index (κ1) is 11.7. The third-order valence-electron chi connectivity index (χ3n) is 2.73. The van der Waals surface area contributed by atoms with Crippen molar-refractivity contribution in [2.75, 3.05) is 33.4 Å². The lowest BCUT2D eigenvalue weighted by atomic mass is 10.1. The molecule has 0 aliphatic carbocycles. The van der Waals surface area contributed by atoms with Gasteiger partial charge in [0, 0.05) is 19.2 Å². The number of hydrogen-bond acceptors (Lipinski definition) is 4. The van der Waals surface area contributed by atoms with Gasteiger partial charge in [-0.25, -0.2) is 0 Å². The Kier molecular flexibility index (Phi) is 3.49. The minimum atomic E-state index is -0.173. The molecule has 92 valence electrons. The highest BCUT2D eigenvalue weighted by molar-refractivity contribution is 5.97. The van der Waals surface area contributed by atoms with Gasteiger partial charge < -0.3 is 19.5 Å². The predicted octanol–water partition coefficient (Wildman–Crippen LogP) is 0.873. The molecule has 0 aromatic heterocycles. The van der Waals surface area contributed by atoms with E-state index in [1.807, 2.05) is 0 Å². The van der Waals surface area contributed by atoms with Crippen LogP contribution < -0.4 is 4.74 Å². The molecule has 1 N–H and O–H groups in total. The van der Waals surface area contributed by atoms with Crippen LogP contribution in [0.5, 0.6) is 11.5 Å². The van der Waals surface area contributed by atoms with Crippen LogP contribution in [0, 0.1) is 0 Å². The first-order chi connectivity index (χ1) is 8.22. The standard InChI is InChI=1S/C12H15NO4/c1-16-9-2-3-10(11(14)8-9)12(15)13-4-6-17-7-5-13/h2-3,8,14H,4-7H2,1H3. The van der Waals surface area contributed by atoms with E-state index >= 15 is 0 Å². The van der Waals surface area contributed by atoms with Crippen LogP contribution in [-0.4, -0.2) is 49.3 Å². The van der Waals surface area contributed by atoms with Crippen molar-refractivity contribution in [3.05, 3.63) is 23.8 Å². The third kappa shape index (κ3) is 2.50. The number of nitrogens with zero attached hydrogens (tertiary/aromatic N) is 1. The summed E-state index contributed by atoms with van der Waals surface area (Å²) in [7, 11) is 1.51. The summed E-state index contributed by atoms with van der Waals surface area (Å²) in [6.07, 6.45) is 0. The van der Waals surface area contributed by atoms with Gasteiger partial charge in [-0.15, -0.1) is 0 Å². The Morgan fingerprint density at radius 2 is 2.12 bits per heavy atom. The SMILES string of the molecule is COc1ccc(C(=O)N2CCOCC2)c(O)c1. The number of benzene rings is 1. The predicted molar refractivity (Wildman–Crippen MR) is 61.4 cm³/mol. The lowest BCUT2D eigenvalue weighted by Gasteiger charge is -2.27. The minimum absolute atomic E-state index is 0.0548. The second-order valence-electron chi connectivity index (χ2n) is 3.79. The number of ether oxygens (including phenoxy) is 2. The molecule has 1 aliphatic rings. The zero-order valence-corrected chi connectivity index (χ0v) is 9.68. The number of phenols is 1. The second kappa shape index (κ2) is 5.05. The first-order valence-electron chi connectivity index (χ1n) is 5.46. The molecule has 0 saturated carbocycles. The van der Waals surface area contributed by atoms with Gasteiger partial charge in [0.25, 0.3) is 5.91 Å². The molecule has 1 aromatic rings. The molecule has 1 fully saturated rings. The van der Waals surface area contributed by atoms with E-state index in [1.165, 1.54) is 13.2 Å². The average Bonchev–Trinajstić information content (AvgIpc) is 2.39. The van der Waals surface area contributed by atoms with Crippen molar-refractivity contribution < 1.29 is 19.4 Å². The number of hydrogen-bond donors (Lipinski definition) is 1. The molecule has 1 heterocycles. The highest BCUT2D eigenvalue weighted by atomic mass is 16.5. The zero-order chi connectivity index (χ0) is 12.3. The van der Waals surface area contributed by atoms with Gasteiger partial charge in [0.05, 0.1) is 25.9 Å². The summed E-state index contributed by atoms with van der Waals surface area (Å²) in [6.45, 7) is 2.21. The van der Waals surface area contributed by atoms with Gasteiger partial charge in [0.1, 0.15) is 11.5 Å². The molecular weight excluding hydrogens is 222 g/mol. The Bertz CT molecular complexity index is 413. The van der Waals surface area contributed by atoms with Gasteiger partial charge in [0.2, 0.25) is 0 Å². The largest absolute Gasteiger partial charge is 0.507 e. The molecule has 0 atom stereocenters. The van der Waals surface area contributed by atoms with E-state index in [2.05, 4.69) is 0 Å².